The molecule has 6 nitrogen and oxygen atoms in total. The van der Waals surface area contributed by atoms with Gasteiger partial charge in [0.05, 0.1) is 12.0 Å². The minimum atomic E-state index is -0.0375. The molecule has 0 amide bonds. The summed E-state index contributed by atoms with van der Waals surface area (Å²) >= 11 is 0. The van der Waals surface area contributed by atoms with E-state index >= 15 is 0 Å². The van der Waals surface area contributed by atoms with Crippen molar-refractivity contribution in [3.05, 3.63) is 77.8 Å². The molecule has 0 spiro atoms. The Morgan fingerprint density at radius 1 is 1.19 bits per heavy atom. The van der Waals surface area contributed by atoms with E-state index in [1.165, 1.54) is 6.33 Å². The van der Waals surface area contributed by atoms with Gasteiger partial charge in [0.25, 0.3) is 0 Å². The third-order valence-electron chi connectivity index (χ3n) is 4.31. The Balaban J connectivity index is 1.80. The lowest BCUT2D eigenvalue weighted by Gasteiger charge is -2.09. The molecular weight excluding hydrogens is 326 g/mol. The number of aryl methyl sites for hydroxylation is 2. The largest absolute Gasteiger partial charge is 0.294 e. The summed E-state index contributed by atoms with van der Waals surface area (Å²) in [5, 5.41) is 4.22. The molecule has 4 rings (SSSR count). The number of rotatable bonds is 4. The molecule has 0 aliphatic rings. The minimum Gasteiger partial charge on any atom is -0.294 e. The van der Waals surface area contributed by atoms with E-state index in [4.69, 9.17) is 0 Å². The lowest BCUT2D eigenvalue weighted by atomic mass is 10.0. The van der Waals surface area contributed by atoms with Crippen molar-refractivity contribution in [1.82, 2.24) is 24.6 Å². The minimum absolute atomic E-state index is 0.0375. The van der Waals surface area contributed by atoms with E-state index < -0.39 is 0 Å². The van der Waals surface area contributed by atoms with E-state index in [0.717, 1.165) is 28.1 Å². The molecule has 0 unspecified atom stereocenters. The summed E-state index contributed by atoms with van der Waals surface area (Å²) in [7, 11) is 0. The van der Waals surface area contributed by atoms with Gasteiger partial charge in [0, 0.05) is 41.1 Å². The average Bonchev–Trinajstić information content (AvgIpc) is 3.10. The molecule has 4 aromatic heterocycles. The number of ketones is 1. The Bertz CT molecular complexity index is 1120. The molecule has 0 saturated heterocycles. The zero-order chi connectivity index (χ0) is 18.1. The molecule has 0 aliphatic heterocycles. The van der Waals surface area contributed by atoms with E-state index in [2.05, 4.69) is 20.1 Å². The van der Waals surface area contributed by atoms with Crippen molar-refractivity contribution in [2.45, 2.75) is 20.3 Å². The monoisotopic (exact) mass is 343 g/mol. The molecule has 0 bridgehead atoms. The second-order valence-corrected chi connectivity index (χ2v) is 6.23. The van der Waals surface area contributed by atoms with Gasteiger partial charge in [0.15, 0.2) is 11.4 Å². The average molecular weight is 343 g/mol. The van der Waals surface area contributed by atoms with Crippen molar-refractivity contribution in [3.8, 4) is 11.1 Å². The Hall–Kier alpha value is -3.41. The number of aromatic nitrogens is 5. The van der Waals surface area contributed by atoms with Crippen molar-refractivity contribution in [2.24, 2.45) is 0 Å². The van der Waals surface area contributed by atoms with Crippen LogP contribution in [0.1, 0.15) is 27.3 Å². The van der Waals surface area contributed by atoms with Crippen LogP contribution in [0.25, 0.3) is 16.8 Å². The van der Waals surface area contributed by atoms with Gasteiger partial charge in [0.1, 0.15) is 6.33 Å². The lowest BCUT2D eigenvalue weighted by molar-refractivity contribution is 0.0993. The van der Waals surface area contributed by atoms with Gasteiger partial charge in [-0.2, -0.15) is 5.10 Å². The molecule has 6 heteroatoms. The Morgan fingerprint density at radius 2 is 2.08 bits per heavy atom. The van der Waals surface area contributed by atoms with Gasteiger partial charge < -0.3 is 0 Å². The second kappa shape index (κ2) is 6.48. The SMILES string of the molecule is Cc1cccc(CC(=O)c2cc(-c3cnccc3C)cn3ncnc23)n1. The van der Waals surface area contributed by atoms with Crippen LogP contribution in [-0.2, 0) is 6.42 Å². The summed E-state index contributed by atoms with van der Waals surface area (Å²) in [4.78, 5) is 25.8. The van der Waals surface area contributed by atoms with E-state index in [0.29, 0.717) is 11.2 Å². The first-order valence-corrected chi connectivity index (χ1v) is 8.32. The molecule has 4 aromatic rings. The Labute approximate surface area is 150 Å². The van der Waals surface area contributed by atoms with Gasteiger partial charge in [-0.25, -0.2) is 9.50 Å². The van der Waals surface area contributed by atoms with Crippen molar-refractivity contribution >= 4 is 11.4 Å². The predicted octanol–water partition coefficient (Wildman–Crippen LogP) is 3.23. The smallest absolute Gasteiger partial charge is 0.172 e. The van der Waals surface area contributed by atoms with E-state index in [-0.39, 0.29) is 12.2 Å². The van der Waals surface area contributed by atoms with Gasteiger partial charge in [-0.1, -0.05) is 6.07 Å². The number of hydrogen-bond acceptors (Lipinski definition) is 5. The van der Waals surface area contributed by atoms with Crippen molar-refractivity contribution in [3.63, 3.8) is 0 Å². The summed E-state index contributed by atoms with van der Waals surface area (Å²) in [5.74, 6) is -0.0375. The number of fused-ring (bicyclic) bond motifs is 1. The predicted molar refractivity (Wildman–Crippen MR) is 98.0 cm³/mol. The van der Waals surface area contributed by atoms with Crippen molar-refractivity contribution in [1.29, 1.82) is 0 Å². The first kappa shape index (κ1) is 16.1. The van der Waals surface area contributed by atoms with Crippen LogP contribution in [0.3, 0.4) is 0 Å². The zero-order valence-electron chi connectivity index (χ0n) is 14.5. The number of carbonyl (C=O) groups is 1. The second-order valence-electron chi connectivity index (χ2n) is 6.23. The van der Waals surface area contributed by atoms with Crippen LogP contribution in [0.5, 0.6) is 0 Å². The van der Waals surface area contributed by atoms with Crippen LogP contribution in [0, 0.1) is 13.8 Å². The maximum atomic E-state index is 13.0. The van der Waals surface area contributed by atoms with Crippen LogP contribution in [0.15, 0.2) is 55.2 Å². The Kier molecular flexibility index (Phi) is 4.01. The molecule has 0 atom stereocenters. The maximum absolute atomic E-state index is 13.0. The molecule has 0 fully saturated rings. The summed E-state index contributed by atoms with van der Waals surface area (Å²) in [5.41, 5.74) is 5.65. The maximum Gasteiger partial charge on any atom is 0.172 e. The van der Waals surface area contributed by atoms with Gasteiger partial charge in [0.2, 0.25) is 0 Å². The fourth-order valence-corrected chi connectivity index (χ4v) is 3.00. The summed E-state index contributed by atoms with van der Waals surface area (Å²) in [6.07, 6.45) is 7.09. The fraction of sp³-hybridized carbons (Fsp3) is 0.150. The molecule has 26 heavy (non-hydrogen) atoms. The lowest BCUT2D eigenvalue weighted by Crippen LogP contribution is -2.09. The number of carbonyl (C=O) groups excluding carboxylic acids is 1. The first-order valence-electron chi connectivity index (χ1n) is 8.32. The third kappa shape index (κ3) is 2.97. The van der Waals surface area contributed by atoms with Gasteiger partial charge in [-0.3, -0.25) is 14.8 Å². The molecule has 0 N–H and O–H groups in total. The highest BCUT2D eigenvalue weighted by Crippen LogP contribution is 2.25. The highest BCUT2D eigenvalue weighted by Gasteiger charge is 2.17. The van der Waals surface area contributed by atoms with Gasteiger partial charge in [-0.15, -0.1) is 0 Å². The van der Waals surface area contributed by atoms with Crippen molar-refractivity contribution in [2.75, 3.05) is 0 Å². The molecule has 128 valence electrons. The van der Waals surface area contributed by atoms with Crippen LogP contribution < -0.4 is 0 Å². The zero-order valence-corrected chi connectivity index (χ0v) is 14.5. The molecule has 0 aliphatic carbocycles. The number of nitrogens with zero attached hydrogens (tertiary/aromatic N) is 5. The summed E-state index contributed by atoms with van der Waals surface area (Å²) in [6, 6.07) is 9.50. The molecular formula is C20H17N5O. The number of hydrogen-bond donors (Lipinski definition) is 0. The van der Waals surface area contributed by atoms with Crippen molar-refractivity contribution < 1.29 is 4.79 Å². The molecule has 0 aromatic carbocycles. The highest BCUT2D eigenvalue weighted by molar-refractivity contribution is 6.03. The quantitative estimate of drug-likeness (QED) is 0.532. The van der Waals surface area contributed by atoms with E-state index in [1.807, 2.05) is 50.4 Å². The molecule has 0 saturated carbocycles. The summed E-state index contributed by atoms with van der Waals surface area (Å²) < 4.78 is 1.64. The van der Waals surface area contributed by atoms with Crippen LogP contribution in [-0.4, -0.2) is 30.3 Å². The first-order chi connectivity index (χ1) is 12.6. The van der Waals surface area contributed by atoms with Crippen LogP contribution in [0.4, 0.5) is 0 Å². The Morgan fingerprint density at radius 3 is 2.88 bits per heavy atom. The highest BCUT2D eigenvalue weighted by atomic mass is 16.1. The van der Waals surface area contributed by atoms with E-state index in [1.54, 1.807) is 16.9 Å². The standard InChI is InChI=1S/C20H17N5O/c1-13-6-7-21-10-18(13)15-8-17(20-22-12-23-25(20)11-15)19(26)9-16-5-3-4-14(2)24-16/h3-8,10-12H,9H2,1-2H3. The third-order valence-corrected chi connectivity index (χ3v) is 4.31. The van der Waals surface area contributed by atoms with Gasteiger partial charge >= 0.3 is 0 Å². The normalized spacial score (nSPS) is 11.0. The fourth-order valence-electron chi connectivity index (χ4n) is 3.00. The number of pyridine rings is 3. The topological polar surface area (TPSA) is 73.0 Å². The summed E-state index contributed by atoms with van der Waals surface area (Å²) in [6.45, 7) is 3.93. The van der Waals surface area contributed by atoms with Crippen LogP contribution >= 0.6 is 0 Å². The van der Waals surface area contributed by atoms with Gasteiger partial charge in [-0.05, 0) is 43.7 Å². The van der Waals surface area contributed by atoms with Crippen LogP contribution in [0.2, 0.25) is 0 Å². The molecule has 4 heterocycles. The molecule has 0 radical (unpaired) electrons. The van der Waals surface area contributed by atoms with E-state index in [9.17, 15) is 4.79 Å². The number of Topliss-reactive ketones (excluding diaryl/α,β-unsaturated/α-hetero) is 1.